The van der Waals surface area contributed by atoms with Gasteiger partial charge in [0, 0.05) is 17.4 Å². The van der Waals surface area contributed by atoms with E-state index in [0.29, 0.717) is 0 Å². The van der Waals surface area contributed by atoms with Gasteiger partial charge in [-0.05, 0) is 45.0 Å². The first-order chi connectivity index (χ1) is 13.9. The van der Waals surface area contributed by atoms with Crippen molar-refractivity contribution in [2.24, 2.45) is 0 Å². The van der Waals surface area contributed by atoms with Crippen molar-refractivity contribution in [1.82, 2.24) is 24.9 Å². The summed E-state index contributed by atoms with van der Waals surface area (Å²) >= 11 is 0. The number of anilines is 3. The van der Waals surface area contributed by atoms with E-state index in [-0.39, 0.29) is 23.4 Å². The fourth-order valence-electron chi connectivity index (χ4n) is 2.68. The number of halogens is 5. The van der Waals surface area contributed by atoms with Gasteiger partial charge < -0.3 is 10.6 Å². The van der Waals surface area contributed by atoms with Crippen LogP contribution in [0.5, 0.6) is 0 Å². The summed E-state index contributed by atoms with van der Waals surface area (Å²) in [5, 5.41) is 0. The predicted molar refractivity (Wildman–Crippen MR) is 98.5 cm³/mol. The van der Waals surface area contributed by atoms with Gasteiger partial charge in [0.2, 0.25) is 17.8 Å². The molecular weight excluding hydrogens is 409 g/mol. The van der Waals surface area contributed by atoms with Crippen molar-refractivity contribution in [3.8, 4) is 11.5 Å². The molecule has 3 heterocycles. The Labute approximate surface area is 167 Å². The first-order valence-corrected chi connectivity index (χ1v) is 8.54. The molecule has 0 aliphatic rings. The highest BCUT2D eigenvalue weighted by atomic mass is 19.4. The number of alkyl halides is 3. The van der Waals surface area contributed by atoms with Gasteiger partial charge in [0.1, 0.15) is 11.4 Å². The molecule has 0 saturated carbocycles. The molecule has 0 saturated heterocycles. The van der Waals surface area contributed by atoms with E-state index in [0.717, 1.165) is 24.4 Å². The molecular formula is C18H16F5N7. The van der Waals surface area contributed by atoms with Gasteiger partial charge in [-0.2, -0.15) is 32.5 Å². The van der Waals surface area contributed by atoms with Crippen LogP contribution in [0.3, 0.4) is 0 Å². The summed E-state index contributed by atoms with van der Waals surface area (Å²) < 4.78 is 67.0. The summed E-state index contributed by atoms with van der Waals surface area (Å²) in [7, 11) is 0. The van der Waals surface area contributed by atoms with Crippen molar-refractivity contribution in [3.05, 3.63) is 47.9 Å². The van der Waals surface area contributed by atoms with Crippen LogP contribution in [-0.2, 0) is 6.18 Å². The van der Waals surface area contributed by atoms with Gasteiger partial charge in [-0.15, -0.1) is 0 Å². The lowest BCUT2D eigenvalue weighted by molar-refractivity contribution is -0.141. The second-order valence-corrected chi connectivity index (χ2v) is 7.18. The smallest absolute Gasteiger partial charge is 0.368 e. The van der Waals surface area contributed by atoms with Gasteiger partial charge in [0.25, 0.3) is 0 Å². The fourth-order valence-corrected chi connectivity index (χ4v) is 2.68. The van der Waals surface area contributed by atoms with Gasteiger partial charge in [-0.3, -0.25) is 4.98 Å². The second kappa shape index (κ2) is 7.43. The van der Waals surface area contributed by atoms with Gasteiger partial charge in [-0.1, -0.05) is 0 Å². The lowest BCUT2D eigenvalue weighted by Gasteiger charge is -2.36. The third kappa shape index (κ3) is 4.42. The van der Waals surface area contributed by atoms with Crippen LogP contribution in [0.25, 0.3) is 11.5 Å². The third-order valence-corrected chi connectivity index (χ3v) is 3.83. The van der Waals surface area contributed by atoms with E-state index in [1.807, 2.05) is 0 Å². The quantitative estimate of drug-likeness (QED) is 0.498. The molecule has 0 amide bonds. The number of aromatic nitrogens is 5. The average molecular weight is 425 g/mol. The van der Waals surface area contributed by atoms with Gasteiger partial charge in [0.15, 0.2) is 11.6 Å². The lowest BCUT2D eigenvalue weighted by atomic mass is 10.1. The Morgan fingerprint density at radius 1 is 0.933 bits per heavy atom. The van der Waals surface area contributed by atoms with E-state index in [1.54, 1.807) is 20.8 Å². The number of hydrogen-bond acceptors (Lipinski definition) is 7. The first kappa shape index (κ1) is 21.3. The van der Waals surface area contributed by atoms with Crippen molar-refractivity contribution in [2.75, 3.05) is 10.6 Å². The van der Waals surface area contributed by atoms with Crippen LogP contribution in [0.2, 0.25) is 0 Å². The van der Waals surface area contributed by atoms with Crippen LogP contribution in [0.1, 0.15) is 26.5 Å². The summed E-state index contributed by atoms with van der Waals surface area (Å²) in [5.74, 6) is -2.76. The van der Waals surface area contributed by atoms with Crippen LogP contribution in [0, 0.1) is 11.8 Å². The zero-order chi connectivity index (χ0) is 22.3. The topological polar surface area (TPSA) is 93.7 Å². The largest absolute Gasteiger partial charge is 0.433 e. The summed E-state index contributed by atoms with van der Waals surface area (Å²) in [6, 6.07) is 3.83. The van der Waals surface area contributed by atoms with Crippen molar-refractivity contribution in [3.63, 3.8) is 0 Å². The van der Waals surface area contributed by atoms with E-state index in [9.17, 15) is 22.0 Å². The SMILES string of the molecule is CC(C)(C)N(c1ccnc(C(F)(F)F)c1)c1nc(N)nc(-c2nc(F)ccc2F)n1. The number of nitrogens with two attached hydrogens (primary N) is 1. The molecule has 0 bridgehead atoms. The Kier molecular flexibility index (Phi) is 5.27. The minimum absolute atomic E-state index is 0.0639. The molecule has 3 rings (SSSR count). The van der Waals surface area contributed by atoms with Gasteiger partial charge >= 0.3 is 6.18 Å². The first-order valence-electron chi connectivity index (χ1n) is 8.54. The van der Waals surface area contributed by atoms with Gasteiger partial charge in [-0.25, -0.2) is 9.37 Å². The van der Waals surface area contributed by atoms with E-state index in [4.69, 9.17) is 5.73 Å². The van der Waals surface area contributed by atoms with E-state index in [1.165, 1.54) is 11.0 Å². The summed E-state index contributed by atoms with van der Waals surface area (Å²) in [4.78, 5) is 20.0. The van der Waals surface area contributed by atoms with Crippen LogP contribution in [0.4, 0.5) is 39.5 Å². The molecule has 0 aliphatic carbocycles. The molecule has 0 spiro atoms. The zero-order valence-electron chi connectivity index (χ0n) is 16.0. The normalized spacial score (nSPS) is 12.1. The number of rotatable bonds is 3. The fraction of sp³-hybridized carbons (Fsp3) is 0.278. The number of pyridine rings is 2. The molecule has 30 heavy (non-hydrogen) atoms. The Balaban J connectivity index is 2.20. The summed E-state index contributed by atoms with van der Waals surface area (Å²) in [6.45, 7) is 5.09. The van der Waals surface area contributed by atoms with Crippen molar-refractivity contribution in [1.29, 1.82) is 0 Å². The van der Waals surface area contributed by atoms with Crippen molar-refractivity contribution < 1.29 is 22.0 Å². The highest BCUT2D eigenvalue weighted by Gasteiger charge is 2.35. The lowest BCUT2D eigenvalue weighted by Crippen LogP contribution is -2.39. The van der Waals surface area contributed by atoms with E-state index in [2.05, 4.69) is 24.9 Å². The zero-order valence-corrected chi connectivity index (χ0v) is 16.0. The molecule has 0 radical (unpaired) electrons. The highest BCUT2D eigenvalue weighted by molar-refractivity contribution is 5.63. The molecule has 3 aromatic rings. The monoisotopic (exact) mass is 425 g/mol. The Hall–Kier alpha value is -3.44. The number of nitrogen functional groups attached to an aromatic ring is 1. The van der Waals surface area contributed by atoms with E-state index >= 15 is 0 Å². The number of hydrogen-bond donors (Lipinski definition) is 1. The minimum atomic E-state index is -4.67. The Morgan fingerprint density at radius 3 is 2.27 bits per heavy atom. The van der Waals surface area contributed by atoms with Crippen LogP contribution in [-0.4, -0.2) is 30.5 Å². The molecule has 3 aromatic heterocycles. The molecule has 7 nitrogen and oxygen atoms in total. The van der Waals surface area contributed by atoms with E-state index < -0.39 is 34.9 Å². The molecule has 12 heteroatoms. The Morgan fingerprint density at radius 2 is 1.63 bits per heavy atom. The molecule has 2 N–H and O–H groups in total. The number of nitrogens with zero attached hydrogens (tertiary/aromatic N) is 6. The standard InChI is InChI=1S/C18H16F5N7/c1-17(2,3)30(9-6-7-25-11(8-9)18(21,22)23)16-28-14(27-15(24)29-16)13-10(19)4-5-12(20)26-13/h4-8H,1-3H3,(H2,24,27,28,29). The maximum Gasteiger partial charge on any atom is 0.433 e. The van der Waals surface area contributed by atoms with Crippen molar-refractivity contribution in [2.45, 2.75) is 32.5 Å². The Bertz CT molecular complexity index is 1080. The molecule has 0 fully saturated rings. The molecule has 158 valence electrons. The summed E-state index contributed by atoms with van der Waals surface area (Å²) in [5.41, 5.74) is 3.31. The summed E-state index contributed by atoms with van der Waals surface area (Å²) in [6.07, 6.45) is -3.67. The van der Waals surface area contributed by atoms with Crippen LogP contribution >= 0.6 is 0 Å². The molecule has 0 aromatic carbocycles. The maximum absolute atomic E-state index is 14.1. The highest BCUT2D eigenvalue weighted by Crippen LogP contribution is 2.35. The average Bonchev–Trinajstić information content (AvgIpc) is 2.62. The van der Waals surface area contributed by atoms with Gasteiger partial charge in [0.05, 0.1) is 0 Å². The molecule has 0 unspecified atom stereocenters. The van der Waals surface area contributed by atoms with Crippen LogP contribution in [0.15, 0.2) is 30.5 Å². The predicted octanol–water partition coefficient (Wildman–Crippen LogP) is 4.14. The maximum atomic E-state index is 14.1. The van der Waals surface area contributed by atoms with Crippen LogP contribution < -0.4 is 10.6 Å². The minimum Gasteiger partial charge on any atom is -0.368 e. The molecule has 0 aliphatic heterocycles. The molecule has 0 atom stereocenters. The third-order valence-electron chi connectivity index (χ3n) is 3.83. The van der Waals surface area contributed by atoms with Crippen molar-refractivity contribution >= 4 is 17.6 Å². The second-order valence-electron chi connectivity index (χ2n) is 7.18.